The predicted molar refractivity (Wildman–Crippen MR) is 127 cm³/mol. The van der Waals surface area contributed by atoms with Crippen LogP contribution >= 0.6 is 0 Å². The van der Waals surface area contributed by atoms with E-state index in [4.69, 9.17) is 9.47 Å². The molecule has 0 fully saturated rings. The van der Waals surface area contributed by atoms with Crippen LogP contribution in [-0.4, -0.2) is 38.1 Å². The highest BCUT2D eigenvalue weighted by Gasteiger charge is 2.29. The molecule has 0 aliphatic carbocycles. The molecule has 0 radical (unpaired) electrons. The van der Waals surface area contributed by atoms with Crippen molar-refractivity contribution >= 4 is 33.1 Å². The van der Waals surface area contributed by atoms with E-state index in [-0.39, 0.29) is 5.56 Å². The maximum absolute atomic E-state index is 13.2. The first-order valence-electron chi connectivity index (χ1n) is 10.4. The summed E-state index contributed by atoms with van der Waals surface area (Å²) in [5, 5.41) is 14.1. The van der Waals surface area contributed by atoms with Crippen LogP contribution in [0.25, 0.3) is 0 Å². The number of carbonyl (C=O) groups is 2. The lowest BCUT2D eigenvalue weighted by Crippen LogP contribution is -2.26. The lowest BCUT2D eigenvalue weighted by atomic mass is 10.1. The minimum absolute atomic E-state index is 0.285. The van der Waals surface area contributed by atoms with Gasteiger partial charge in [-0.1, -0.05) is 42.5 Å². The van der Waals surface area contributed by atoms with Gasteiger partial charge >= 0.3 is 5.97 Å². The second-order valence-electron chi connectivity index (χ2n) is 7.33. The van der Waals surface area contributed by atoms with Crippen molar-refractivity contribution in [3.05, 3.63) is 94.0 Å². The van der Waals surface area contributed by atoms with Crippen molar-refractivity contribution in [2.24, 2.45) is 0 Å². The van der Waals surface area contributed by atoms with Crippen LogP contribution in [0, 0.1) is 10.1 Å². The molecule has 0 aromatic heterocycles. The molecular weight excluding hydrogens is 476 g/mol. The second-order valence-corrected chi connectivity index (χ2v) is 9.31. The molecule has 0 saturated carbocycles. The monoisotopic (exact) mass is 498 g/mol. The van der Waals surface area contributed by atoms with Gasteiger partial charge in [0.15, 0.2) is 9.84 Å². The van der Waals surface area contributed by atoms with E-state index < -0.39 is 43.3 Å². The molecule has 1 atom stereocenters. The molecule has 10 nitrogen and oxygen atoms in total. The van der Waals surface area contributed by atoms with E-state index in [1.807, 2.05) is 0 Å². The first-order chi connectivity index (χ1) is 16.6. The van der Waals surface area contributed by atoms with Crippen molar-refractivity contribution in [2.75, 3.05) is 18.2 Å². The van der Waals surface area contributed by atoms with Crippen LogP contribution in [0.5, 0.6) is 5.75 Å². The maximum atomic E-state index is 13.2. The number of esters is 1. The minimum atomic E-state index is -3.91. The summed E-state index contributed by atoms with van der Waals surface area (Å²) in [5.41, 5.74) is -0.333. The summed E-state index contributed by atoms with van der Waals surface area (Å²) in [5.74, 6) is -1.30. The average Bonchev–Trinajstić information content (AvgIpc) is 2.83. The quantitative estimate of drug-likeness (QED) is 0.266. The fraction of sp³-hybridized carbons (Fsp3) is 0.167. The summed E-state index contributed by atoms with van der Waals surface area (Å²) in [7, 11) is -3.91. The Bertz CT molecular complexity index is 1360. The number of benzene rings is 3. The Labute approximate surface area is 201 Å². The molecule has 3 aromatic rings. The molecular formula is C24H22N2O8S. The minimum Gasteiger partial charge on any atom is -0.492 e. The number of para-hydroxylation sites is 2. The SMILES string of the molecule is CCOc1ccccc1NC(=O)C(OC(=O)c1ccc(S(C)(=O)=O)c([N+](=O)[O-])c1)c1ccccc1. The number of nitrogens with zero attached hydrogens (tertiary/aromatic N) is 1. The number of nitro benzene ring substituents is 1. The molecule has 0 spiro atoms. The average molecular weight is 499 g/mol. The summed E-state index contributed by atoms with van der Waals surface area (Å²) >= 11 is 0. The molecule has 1 N–H and O–H groups in total. The molecule has 11 heteroatoms. The second kappa shape index (κ2) is 10.8. The van der Waals surface area contributed by atoms with Crippen LogP contribution in [0.2, 0.25) is 0 Å². The zero-order valence-corrected chi connectivity index (χ0v) is 19.7. The number of ether oxygens (including phenoxy) is 2. The molecule has 35 heavy (non-hydrogen) atoms. The molecule has 1 amide bonds. The number of anilines is 1. The normalized spacial score (nSPS) is 11.8. The van der Waals surface area contributed by atoms with Gasteiger partial charge in [-0.15, -0.1) is 0 Å². The number of hydrogen-bond acceptors (Lipinski definition) is 8. The number of sulfone groups is 1. The first kappa shape index (κ1) is 25.4. The Morgan fingerprint density at radius 1 is 1.03 bits per heavy atom. The molecule has 0 heterocycles. The third-order valence-corrected chi connectivity index (χ3v) is 5.95. The molecule has 1 unspecified atom stereocenters. The number of nitro groups is 1. The number of rotatable bonds is 9. The highest BCUT2D eigenvalue weighted by atomic mass is 32.2. The standard InChI is InChI=1S/C24H22N2O8S/c1-3-33-20-12-8-7-11-18(20)25-23(27)22(16-9-5-4-6-10-16)34-24(28)17-13-14-21(35(2,31)32)19(15-17)26(29)30/h4-15,22H,3H2,1-2H3,(H,25,27). The lowest BCUT2D eigenvalue weighted by molar-refractivity contribution is -0.387. The number of carbonyl (C=O) groups excluding carboxylic acids is 2. The fourth-order valence-corrected chi connectivity index (χ4v) is 4.05. The molecule has 0 aliphatic heterocycles. The molecule has 0 bridgehead atoms. The van der Waals surface area contributed by atoms with Crippen molar-refractivity contribution in [1.29, 1.82) is 0 Å². The largest absolute Gasteiger partial charge is 0.492 e. The van der Waals surface area contributed by atoms with Crippen molar-refractivity contribution in [3.63, 3.8) is 0 Å². The molecule has 182 valence electrons. The van der Waals surface area contributed by atoms with E-state index in [1.165, 1.54) is 0 Å². The van der Waals surface area contributed by atoms with Gasteiger partial charge in [-0.25, -0.2) is 13.2 Å². The molecule has 0 saturated heterocycles. The zero-order valence-electron chi connectivity index (χ0n) is 18.8. The van der Waals surface area contributed by atoms with Crippen molar-refractivity contribution < 1.29 is 32.4 Å². The summed E-state index contributed by atoms with van der Waals surface area (Å²) in [6.45, 7) is 2.16. The Balaban J connectivity index is 1.94. The Morgan fingerprint density at radius 3 is 2.31 bits per heavy atom. The van der Waals surface area contributed by atoms with Crippen molar-refractivity contribution in [3.8, 4) is 5.75 Å². The van der Waals surface area contributed by atoms with Gasteiger partial charge in [-0.3, -0.25) is 14.9 Å². The van der Waals surface area contributed by atoms with Gasteiger partial charge in [0.05, 0.1) is 22.8 Å². The lowest BCUT2D eigenvalue weighted by Gasteiger charge is -2.19. The van der Waals surface area contributed by atoms with Gasteiger partial charge in [-0.05, 0) is 31.2 Å². The van der Waals surface area contributed by atoms with Gasteiger partial charge in [0, 0.05) is 17.9 Å². The van der Waals surface area contributed by atoms with Crippen LogP contribution in [-0.2, 0) is 19.4 Å². The predicted octanol–water partition coefficient (Wildman–Crippen LogP) is 3.93. The fourth-order valence-electron chi connectivity index (χ4n) is 3.23. The van der Waals surface area contributed by atoms with Gasteiger partial charge in [0.1, 0.15) is 10.6 Å². The van der Waals surface area contributed by atoms with Gasteiger partial charge in [-0.2, -0.15) is 0 Å². The maximum Gasteiger partial charge on any atom is 0.339 e. The topological polar surface area (TPSA) is 142 Å². The Kier molecular flexibility index (Phi) is 7.82. The molecule has 3 rings (SSSR count). The highest BCUT2D eigenvalue weighted by molar-refractivity contribution is 7.90. The third kappa shape index (κ3) is 6.21. The van der Waals surface area contributed by atoms with E-state index in [1.54, 1.807) is 61.5 Å². The van der Waals surface area contributed by atoms with E-state index in [0.717, 1.165) is 24.5 Å². The van der Waals surface area contributed by atoms with Crippen LogP contribution in [0.4, 0.5) is 11.4 Å². The van der Waals surface area contributed by atoms with Crippen molar-refractivity contribution in [1.82, 2.24) is 0 Å². The Morgan fingerprint density at radius 2 is 1.69 bits per heavy atom. The van der Waals surface area contributed by atoms with Crippen LogP contribution in [0.3, 0.4) is 0 Å². The van der Waals surface area contributed by atoms with Crippen LogP contribution < -0.4 is 10.1 Å². The van der Waals surface area contributed by atoms with E-state index in [2.05, 4.69) is 5.32 Å². The van der Waals surface area contributed by atoms with Gasteiger partial charge < -0.3 is 14.8 Å². The van der Waals surface area contributed by atoms with E-state index in [0.29, 0.717) is 23.6 Å². The van der Waals surface area contributed by atoms with E-state index >= 15 is 0 Å². The number of amides is 1. The summed E-state index contributed by atoms with van der Waals surface area (Å²) in [4.78, 5) is 36.0. The third-order valence-electron chi connectivity index (χ3n) is 4.80. The van der Waals surface area contributed by atoms with Gasteiger partial charge in [0.25, 0.3) is 11.6 Å². The summed E-state index contributed by atoms with van der Waals surface area (Å²) in [6.07, 6.45) is -0.588. The van der Waals surface area contributed by atoms with Crippen LogP contribution in [0.1, 0.15) is 28.9 Å². The van der Waals surface area contributed by atoms with E-state index in [9.17, 15) is 28.1 Å². The smallest absolute Gasteiger partial charge is 0.339 e. The number of hydrogen-bond donors (Lipinski definition) is 1. The highest BCUT2D eigenvalue weighted by Crippen LogP contribution is 2.29. The van der Waals surface area contributed by atoms with Crippen LogP contribution in [0.15, 0.2) is 77.7 Å². The summed E-state index contributed by atoms with van der Waals surface area (Å²) < 4.78 is 34.7. The van der Waals surface area contributed by atoms with Gasteiger partial charge in [0.2, 0.25) is 6.10 Å². The number of nitrogens with one attached hydrogen (secondary N) is 1. The van der Waals surface area contributed by atoms with Crippen molar-refractivity contribution in [2.45, 2.75) is 17.9 Å². The zero-order chi connectivity index (χ0) is 25.6. The molecule has 3 aromatic carbocycles. The Hall–Kier alpha value is -4.25. The molecule has 0 aliphatic rings. The first-order valence-corrected chi connectivity index (χ1v) is 12.3. The summed E-state index contributed by atoms with van der Waals surface area (Å²) in [6, 6.07) is 17.8.